The Labute approximate surface area is 181 Å². The zero-order chi connectivity index (χ0) is 20.9. The smallest absolute Gasteiger partial charge is 0.271 e. The molecular weight excluding hydrogens is 432 g/mol. The van der Waals surface area contributed by atoms with Gasteiger partial charge in [0.1, 0.15) is 0 Å². The molecule has 0 spiro atoms. The fourth-order valence-corrected chi connectivity index (χ4v) is 3.04. The van der Waals surface area contributed by atoms with Crippen LogP contribution in [0, 0.1) is 0 Å². The van der Waals surface area contributed by atoms with E-state index in [9.17, 15) is 4.79 Å². The molecule has 0 radical (unpaired) electrons. The molecule has 1 amide bonds. The highest BCUT2D eigenvalue weighted by Gasteiger charge is 2.06. The van der Waals surface area contributed by atoms with Crippen LogP contribution in [0.15, 0.2) is 52.0 Å². The van der Waals surface area contributed by atoms with Crippen molar-refractivity contribution in [3.63, 3.8) is 0 Å². The Bertz CT molecular complexity index is 791. The van der Waals surface area contributed by atoms with E-state index in [1.165, 1.54) is 32.1 Å². The summed E-state index contributed by atoms with van der Waals surface area (Å²) in [5.41, 5.74) is 3.88. The van der Waals surface area contributed by atoms with E-state index < -0.39 is 0 Å². The summed E-state index contributed by atoms with van der Waals surface area (Å²) in [5, 5.41) is 4.02. The van der Waals surface area contributed by atoms with Crippen molar-refractivity contribution in [3.8, 4) is 11.5 Å². The van der Waals surface area contributed by atoms with Gasteiger partial charge >= 0.3 is 0 Å². The third-order valence-electron chi connectivity index (χ3n) is 4.43. The molecule has 29 heavy (non-hydrogen) atoms. The maximum absolute atomic E-state index is 12.1. The second kappa shape index (κ2) is 13.0. The van der Waals surface area contributed by atoms with Gasteiger partial charge in [-0.2, -0.15) is 5.10 Å². The molecule has 0 aliphatic heterocycles. The van der Waals surface area contributed by atoms with Crippen LogP contribution in [-0.2, 0) is 0 Å². The van der Waals surface area contributed by atoms with E-state index in [-0.39, 0.29) is 5.91 Å². The van der Waals surface area contributed by atoms with Gasteiger partial charge < -0.3 is 9.47 Å². The maximum Gasteiger partial charge on any atom is 0.271 e. The normalized spacial score (nSPS) is 10.9. The summed E-state index contributed by atoms with van der Waals surface area (Å²) >= 11 is 3.35. The number of hydrazone groups is 1. The molecule has 0 fully saturated rings. The van der Waals surface area contributed by atoms with Gasteiger partial charge in [-0.3, -0.25) is 4.79 Å². The van der Waals surface area contributed by atoms with Gasteiger partial charge in [0.15, 0.2) is 11.5 Å². The quantitative estimate of drug-likeness (QED) is 0.241. The molecule has 5 nitrogen and oxygen atoms in total. The molecule has 6 heteroatoms. The van der Waals surface area contributed by atoms with Crippen molar-refractivity contribution in [2.45, 2.75) is 45.4 Å². The summed E-state index contributed by atoms with van der Waals surface area (Å²) in [4.78, 5) is 12.1. The Morgan fingerprint density at radius 3 is 2.48 bits per heavy atom. The molecular formula is C23H29BrN2O3. The van der Waals surface area contributed by atoms with E-state index in [2.05, 4.69) is 33.4 Å². The minimum absolute atomic E-state index is 0.264. The fourth-order valence-electron chi connectivity index (χ4n) is 2.78. The van der Waals surface area contributed by atoms with Crippen LogP contribution in [0.4, 0.5) is 0 Å². The number of unbranched alkanes of at least 4 members (excludes halogenated alkanes) is 5. The highest BCUT2D eigenvalue weighted by molar-refractivity contribution is 9.10. The van der Waals surface area contributed by atoms with E-state index in [0.29, 0.717) is 17.9 Å². The number of hydrogen-bond acceptors (Lipinski definition) is 4. The molecule has 0 saturated carbocycles. The number of nitrogens with one attached hydrogen (secondary N) is 1. The van der Waals surface area contributed by atoms with Crippen molar-refractivity contribution in [3.05, 3.63) is 58.1 Å². The van der Waals surface area contributed by atoms with E-state index in [4.69, 9.17) is 9.47 Å². The lowest BCUT2D eigenvalue weighted by Crippen LogP contribution is -2.17. The molecule has 1 N–H and O–H groups in total. The monoisotopic (exact) mass is 460 g/mol. The third-order valence-corrected chi connectivity index (χ3v) is 4.96. The first kappa shape index (κ1) is 22.9. The van der Waals surface area contributed by atoms with Crippen LogP contribution in [0.5, 0.6) is 11.5 Å². The molecule has 0 aromatic heterocycles. The Morgan fingerprint density at radius 2 is 1.76 bits per heavy atom. The minimum Gasteiger partial charge on any atom is -0.493 e. The number of carbonyl (C=O) groups excluding carboxylic acids is 1. The molecule has 2 rings (SSSR count). The zero-order valence-electron chi connectivity index (χ0n) is 17.1. The van der Waals surface area contributed by atoms with Gasteiger partial charge in [0.05, 0.1) is 19.9 Å². The lowest BCUT2D eigenvalue weighted by atomic mass is 10.1. The molecule has 0 aliphatic carbocycles. The summed E-state index contributed by atoms with van der Waals surface area (Å²) in [6.45, 7) is 2.90. The van der Waals surface area contributed by atoms with Crippen molar-refractivity contribution in [2.24, 2.45) is 5.10 Å². The number of halogens is 1. The molecule has 0 atom stereocenters. The van der Waals surface area contributed by atoms with Crippen molar-refractivity contribution in [1.29, 1.82) is 0 Å². The van der Waals surface area contributed by atoms with Gasteiger partial charge in [-0.25, -0.2) is 5.43 Å². The predicted octanol–water partition coefficient (Wildman–Crippen LogP) is 5.96. The minimum atomic E-state index is -0.264. The SMILES string of the molecule is CCCCCCCCOc1ccc(/C=N/NC(=O)c2ccc(Br)cc2)cc1OC. The average Bonchev–Trinajstić information content (AvgIpc) is 2.74. The highest BCUT2D eigenvalue weighted by atomic mass is 79.9. The van der Waals surface area contributed by atoms with Crippen LogP contribution in [-0.4, -0.2) is 25.8 Å². The van der Waals surface area contributed by atoms with Crippen LogP contribution >= 0.6 is 15.9 Å². The van der Waals surface area contributed by atoms with Gasteiger partial charge in [-0.15, -0.1) is 0 Å². The largest absolute Gasteiger partial charge is 0.493 e. The van der Waals surface area contributed by atoms with Crippen LogP contribution in [0.1, 0.15) is 61.4 Å². The fraction of sp³-hybridized carbons (Fsp3) is 0.391. The third kappa shape index (κ3) is 8.28. The Balaban J connectivity index is 1.83. The molecule has 2 aromatic carbocycles. The van der Waals surface area contributed by atoms with Crippen molar-refractivity contribution >= 4 is 28.1 Å². The van der Waals surface area contributed by atoms with Crippen LogP contribution in [0.2, 0.25) is 0 Å². The summed E-state index contributed by atoms with van der Waals surface area (Å²) in [6, 6.07) is 12.7. The van der Waals surface area contributed by atoms with E-state index in [1.807, 2.05) is 30.3 Å². The summed E-state index contributed by atoms with van der Waals surface area (Å²) < 4.78 is 12.2. The van der Waals surface area contributed by atoms with Crippen LogP contribution < -0.4 is 14.9 Å². The van der Waals surface area contributed by atoms with Gasteiger partial charge in [-0.1, -0.05) is 55.0 Å². The van der Waals surface area contributed by atoms with Gasteiger partial charge in [-0.05, 0) is 54.4 Å². The van der Waals surface area contributed by atoms with Gasteiger partial charge in [0, 0.05) is 10.0 Å². The number of benzene rings is 2. The summed E-state index contributed by atoms with van der Waals surface area (Å²) in [7, 11) is 1.61. The standard InChI is InChI=1S/C23H29BrN2O3/c1-3-4-5-6-7-8-15-29-21-14-9-18(16-22(21)28-2)17-25-26-23(27)19-10-12-20(24)13-11-19/h9-14,16-17H,3-8,15H2,1-2H3,(H,26,27)/b25-17+. The van der Waals surface area contributed by atoms with E-state index in [0.717, 1.165) is 22.2 Å². The molecule has 0 bridgehead atoms. The van der Waals surface area contributed by atoms with Gasteiger partial charge in [0.2, 0.25) is 0 Å². The number of methoxy groups -OCH3 is 1. The number of nitrogens with zero attached hydrogens (tertiary/aromatic N) is 1. The first-order chi connectivity index (χ1) is 14.1. The lowest BCUT2D eigenvalue weighted by molar-refractivity contribution is 0.0955. The summed E-state index contributed by atoms with van der Waals surface area (Å²) in [6.07, 6.45) is 8.93. The molecule has 0 heterocycles. The van der Waals surface area contributed by atoms with Crippen LogP contribution in [0.25, 0.3) is 0 Å². The molecule has 156 valence electrons. The number of amides is 1. The second-order valence-electron chi connectivity index (χ2n) is 6.73. The number of ether oxygens (including phenoxy) is 2. The summed E-state index contributed by atoms with van der Waals surface area (Å²) in [5.74, 6) is 1.11. The molecule has 2 aromatic rings. The maximum atomic E-state index is 12.1. The Hall–Kier alpha value is -2.34. The topological polar surface area (TPSA) is 59.9 Å². The average molecular weight is 461 g/mol. The highest BCUT2D eigenvalue weighted by Crippen LogP contribution is 2.27. The second-order valence-corrected chi connectivity index (χ2v) is 7.65. The van der Waals surface area contributed by atoms with E-state index in [1.54, 1.807) is 25.5 Å². The Morgan fingerprint density at radius 1 is 1.03 bits per heavy atom. The Kier molecular flexibility index (Phi) is 10.3. The molecule has 0 aliphatic rings. The number of carbonyl (C=O) groups is 1. The predicted molar refractivity (Wildman–Crippen MR) is 121 cm³/mol. The van der Waals surface area contributed by atoms with Crippen molar-refractivity contribution in [1.82, 2.24) is 5.43 Å². The van der Waals surface area contributed by atoms with Crippen molar-refractivity contribution < 1.29 is 14.3 Å². The van der Waals surface area contributed by atoms with Gasteiger partial charge in [0.25, 0.3) is 5.91 Å². The number of rotatable bonds is 12. The lowest BCUT2D eigenvalue weighted by Gasteiger charge is -2.11. The molecule has 0 saturated heterocycles. The van der Waals surface area contributed by atoms with Crippen molar-refractivity contribution in [2.75, 3.05) is 13.7 Å². The zero-order valence-corrected chi connectivity index (χ0v) is 18.7. The van der Waals surface area contributed by atoms with E-state index >= 15 is 0 Å². The molecule has 0 unspecified atom stereocenters. The van der Waals surface area contributed by atoms with Crippen LogP contribution in [0.3, 0.4) is 0 Å². The first-order valence-corrected chi connectivity index (χ1v) is 10.8. The number of hydrogen-bond donors (Lipinski definition) is 1. The first-order valence-electron chi connectivity index (χ1n) is 10.0.